The quantitative estimate of drug-likeness (QED) is 0.917. The van der Waals surface area contributed by atoms with E-state index in [0.29, 0.717) is 17.8 Å². The highest BCUT2D eigenvalue weighted by Gasteiger charge is 2.19. The van der Waals surface area contributed by atoms with Crippen molar-refractivity contribution in [2.45, 2.75) is 0 Å². The SMILES string of the molecule is N#Cc1ccc(NC(=O)CN2CCN(c3ccc(Cl)cc3)CC2)cc1. The minimum Gasteiger partial charge on any atom is -0.369 e. The Bertz CT molecular complexity index is 760. The molecule has 128 valence electrons. The number of rotatable bonds is 4. The third kappa shape index (κ3) is 4.72. The summed E-state index contributed by atoms with van der Waals surface area (Å²) in [6.45, 7) is 3.80. The lowest BCUT2D eigenvalue weighted by atomic mass is 10.2. The van der Waals surface area contributed by atoms with Crippen molar-refractivity contribution >= 4 is 28.9 Å². The molecule has 0 aromatic heterocycles. The van der Waals surface area contributed by atoms with Crippen LogP contribution in [0.4, 0.5) is 11.4 Å². The van der Waals surface area contributed by atoms with Gasteiger partial charge in [0.25, 0.3) is 0 Å². The number of hydrogen-bond acceptors (Lipinski definition) is 4. The number of hydrogen-bond donors (Lipinski definition) is 1. The molecule has 0 bridgehead atoms. The van der Waals surface area contributed by atoms with Crippen LogP contribution in [0.5, 0.6) is 0 Å². The molecule has 0 radical (unpaired) electrons. The van der Waals surface area contributed by atoms with Crippen molar-refractivity contribution in [1.82, 2.24) is 4.90 Å². The van der Waals surface area contributed by atoms with E-state index in [1.807, 2.05) is 24.3 Å². The molecule has 25 heavy (non-hydrogen) atoms. The summed E-state index contributed by atoms with van der Waals surface area (Å²) in [5.74, 6) is -0.0374. The molecule has 1 fully saturated rings. The molecule has 1 aliphatic heterocycles. The Kier molecular flexibility index (Phi) is 5.54. The van der Waals surface area contributed by atoms with Crippen LogP contribution in [0, 0.1) is 11.3 Å². The van der Waals surface area contributed by atoms with Crippen molar-refractivity contribution in [2.24, 2.45) is 0 Å². The normalized spacial score (nSPS) is 14.8. The van der Waals surface area contributed by atoms with Gasteiger partial charge in [0.1, 0.15) is 0 Å². The van der Waals surface area contributed by atoms with E-state index in [1.54, 1.807) is 24.3 Å². The fourth-order valence-corrected chi connectivity index (χ4v) is 2.97. The molecule has 2 aromatic carbocycles. The van der Waals surface area contributed by atoms with Crippen LogP contribution in [0.1, 0.15) is 5.56 Å². The molecule has 0 spiro atoms. The molecule has 0 atom stereocenters. The van der Waals surface area contributed by atoms with Crippen LogP contribution in [0.3, 0.4) is 0 Å². The Morgan fingerprint density at radius 3 is 2.28 bits per heavy atom. The molecule has 2 aromatic rings. The van der Waals surface area contributed by atoms with E-state index in [0.717, 1.165) is 36.9 Å². The van der Waals surface area contributed by atoms with Gasteiger partial charge < -0.3 is 10.2 Å². The number of halogens is 1. The summed E-state index contributed by atoms with van der Waals surface area (Å²) >= 11 is 5.93. The third-order valence-electron chi connectivity index (χ3n) is 4.23. The number of carbonyl (C=O) groups is 1. The summed E-state index contributed by atoms with van der Waals surface area (Å²) in [6.07, 6.45) is 0. The average molecular weight is 355 g/mol. The van der Waals surface area contributed by atoms with Crippen LogP contribution in [-0.2, 0) is 4.79 Å². The first-order valence-electron chi connectivity index (χ1n) is 8.17. The van der Waals surface area contributed by atoms with E-state index in [-0.39, 0.29) is 5.91 Å². The van der Waals surface area contributed by atoms with Crippen molar-refractivity contribution in [1.29, 1.82) is 5.26 Å². The molecule has 1 saturated heterocycles. The third-order valence-corrected chi connectivity index (χ3v) is 4.48. The Morgan fingerprint density at radius 2 is 1.68 bits per heavy atom. The van der Waals surface area contributed by atoms with Gasteiger partial charge in [0.15, 0.2) is 0 Å². The summed E-state index contributed by atoms with van der Waals surface area (Å²) in [4.78, 5) is 16.6. The number of benzene rings is 2. The van der Waals surface area contributed by atoms with E-state index in [2.05, 4.69) is 21.2 Å². The first-order valence-corrected chi connectivity index (χ1v) is 8.55. The molecular weight excluding hydrogens is 336 g/mol. The van der Waals surface area contributed by atoms with Gasteiger partial charge in [0.05, 0.1) is 18.2 Å². The molecule has 0 saturated carbocycles. The second-order valence-corrected chi connectivity index (χ2v) is 6.41. The lowest BCUT2D eigenvalue weighted by molar-refractivity contribution is -0.117. The summed E-state index contributed by atoms with van der Waals surface area (Å²) in [7, 11) is 0. The highest BCUT2D eigenvalue weighted by molar-refractivity contribution is 6.30. The Hall–Kier alpha value is -2.55. The van der Waals surface area contributed by atoms with Gasteiger partial charge >= 0.3 is 0 Å². The predicted octanol–water partition coefficient (Wildman–Crippen LogP) is 2.97. The summed E-state index contributed by atoms with van der Waals surface area (Å²) in [6, 6.07) is 16.8. The number of amides is 1. The molecule has 0 aliphatic carbocycles. The molecule has 0 unspecified atom stereocenters. The van der Waals surface area contributed by atoms with Crippen molar-refractivity contribution in [2.75, 3.05) is 42.9 Å². The number of piperazine rings is 1. The average Bonchev–Trinajstić information content (AvgIpc) is 2.64. The summed E-state index contributed by atoms with van der Waals surface area (Å²) in [5, 5.41) is 12.4. The van der Waals surface area contributed by atoms with Gasteiger partial charge in [-0.1, -0.05) is 11.6 Å². The standard InChI is InChI=1S/C19H19ClN4O/c20-16-3-7-18(8-4-16)24-11-9-23(10-12-24)14-19(25)22-17-5-1-15(13-21)2-6-17/h1-8H,9-12,14H2,(H,22,25). The smallest absolute Gasteiger partial charge is 0.238 e. The monoisotopic (exact) mass is 354 g/mol. The van der Waals surface area contributed by atoms with Crippen molar-refractivity contribution in [3.8, 4) is 6.07 Å². The predicted molar refractivity (Wildman–Crippen MR) is 99.9 cm³/mol. The molecule has 1 heterocycles. The van der Waals surface area contributed by atoms with Crippen LogP contribution in [0.2, 0.25) is 5.02 Å². The lowest BCUT2D eigenvalue weighted by Gasteiger charge is -2.35. The van der Waals surface area contributed by atoms with Gasteiger partial charge in [-0.2, -0.15) is 5.26 Å². The van der Waals surface area contributed by atoms with E-state index in [4.69, 9.17) is 16.9 Å². The van der Waals surface area contributed by atoms with E-state index in [9.17, 15) is 4.79 Å². The first-order chi connectivity index (χ1) is 12.1. The molecule has 5 nitrogen and oxygen atoms in total. The van der Waals surface area contributed by atoms with E-state index in [1.165, 1.54) is 0 Å². The number of nitrogens with one attached hydrogen (secondary N) is 1. The van der Waals surface area contributed by atoms with Crippen molar-refractivity contribution in [3.05, 3.63) is 59.1 Å². The number of anilines is 2. The highest BCUT2D eigenvalue weighted by Crippen LogP contribution is 2.19. The minimum atomic E-state index is -0.0374. The highest BCUT2D eigenvalue weighted by atomic mass is 35.5. The zero-order chi connectivity index (χ0) is 17.6. The molecule has 1 aliphatic rings. The Balaban J connectivity index is 1.47. The van der Waals surface area contributed by atoms with Gasteiger partial charge in [-0.25, -0.2) is 0 Å². The van der Waals surface area contributed by atoms with E-state index >= 15 is 0 Å². The zero-order valence-corrected chi connectivity index (χ0v) is 14.5. The van der Waals surface area contributed by atoms with Crippen molar-refractivity contribution in [3.63, 3.8) is 0 Å². The largest absolute Gasteiger partial charge is 0.369 e. The fourth-order valence-electron chi connectivity index (χ4n) is 2.85. The number of nitrogens with zero attached hydrogens (tertiary/aromatic N) is 3. The number of nitriles is 1. The summed E-state index contributed by atoms with van der Waals surface area (Å²) < 4.78 is 0. The zero-order valence-electron chi connectivity index (χ0n) is 13.8. The maximum Gasteiger partial charge on any atom is 0.238 e. The van der Waals surface area contributed by atoms with Crippen LogP contribution in [0.25, 0.3) is 0 Å². The summed E-state index contributed by atoms with van der Waals surface area (Å²) in [5.41, 5.74) is 2.45. The minimum absolute atomic E-state index is 0.0374. The molecule has 6 heteroatoms. The topological polar surface area (TPSA) is 59.4 Å². The number of carbonyl (C=O) groups excluding carboxylic acids is 1. The van der Waals surface area contributed by atoms with Gasteiger partial charge in [-0.3, -0.25) is 9.69 Å². The van der Waals surface area contributed by atoms with Gasteiger partial charge in [0.2, 0.25) is 5.91 Å². The molecule has 3 rings (SSSR count). The fraction of sp³-hybridized carbons (Fsp3) is 0.263. The van der Waals surface area contributed by atoms with Crippen LogP contribution < -0.4 is 10.2 Å². The molecule has 1 N–H and O–H groups in total. The first kappa shape index (κ1) is 17.3. The second-order valence-electron chi connectivity index (χ2n) is 5.98. The Morgan fingerprint density at radius 1 is 1.04 bits per heavy atom. The van der Waals surface area contributed by atoms with Gasteiger partial charge in [0, 0.05) is 42.6 Å². The maximum atomic E-state index is 12.2. The molecular formula is C19H19ClN4O. The van der Waals surface area contributed by atoms with Crippen LogP contribution in [-0.4, -0.2) is 43.5 Å². The Labute approximate surface area is 152 Å². The molecule has 1 amide bonds. The van der Waals surface area contributed by atoms with Crippen molar-refractivity contribution < 1.29 is 4.79 Å². The lowest BCUT2D eigenvalue weighted by Crippen LogP contribution is -2.48. The second kappa shape index (κ2) is 8.02. The van der Waals surface area contributed by atoms with Crippen LogP contribution in [0.15, 0.2) is 48.5 Å². The van der Waals surface area contributed by atoms with Crippen LogP contribution >= 0.6 is 11.6 Å². The maximum absolute atomic E-state index is 12.2. The van der Waals surface area contributed by atoms with E-state index < -0.39 is 0 Å². The van der Waals surface area contributed by atoms with Gasteiger partial charge in [-0.05, 0) is 48.5 Å². The van der Waals surface area contributed by atoms with Gasteiger partial charge in [-0.15, -0.1) is 0 Å².